The summed E-state index contributed by atoms with van der Waals surface area (Å²) >= 11 is 0. The molecule has 3 N–H and O–H groups in total. The second-order valence-corrected chi connectivity index (χ2v) is 12.0. The highest BCUT2D eigenvalue weighted by atomic mass is 32.2. The molecule has 5 aromatic rings. The highest BCUT2D eigenvalue weighted by Crippen LogP contribution is 2.20. The van der Waals surface area contributed by atoms with Crippen LogP contribution in [0.1, 0.15) is 40.3 Å². The topological polar surface area (TPSA) is 175 Å². The van der Waals surface area contributed by atoms with E-state index in [2.05, 4.69) is 32.3 Å². The molecule has 4 heterocycles. The van der Waals surface area contributed by atoms with E-state index in [4.69, 9.17) is 10.7 Å². The maximum atomic E-state index is 14.0. The number of hydrogen-bond acceptors (Lipinski definition) is 9. The van der Waals surface area contributed by atoms with E-state index in [1.165, 1.54) is 29.4 Å². The zero-order valence-electron chi connectivity index (χ0n) is 23.3. The van der Waals surface area contributed by atoms with Crippen LogP contribution in [0.5, 0.6) is 0 Å². The third-order valence-electron chi connectivity index (χ3n) is 6.57. The molecule has 14 nitrogen and oxygen atoms in total. The SMILES string of the molecule is CC(NC(=O)c1c(N)nn2cccnc12)c1nc2cccc(C#Cc3cnn(C)c3)c2c(=O)n1CCS(=O)(=O)N(C)C. The Balaban J connectivity index is 1.60. The number of carbonyl (C=O) groups is 1. The van der Waals surface area contributed by atoms with Gasteiger partial charge in [0, 0.05) is 51.8 Å². The number of fused-ring (bicyclic) bond motifs is 2. The van der Waals surface area contributed by atoms with Crippen molar-refractivity contribution in [1.29, 1.82) is 0 Å². The van der Waals surface area contributed by atoms with E-state index in [-0.39, 0.29) is 40.5 Å². The van der Waals surface area contributed by atoms with Crippen molar-refractivity contribution in [3.05, 3.63) is 81.9 Å². The predicted octanol–water partition coefficient (Wildman–Crippen LogP) is 0.537. The predicted molar refractivity (Wildman–Crippen MR) is 156 cm³/mol. The molecule has 0 spiro atoms. The zero-order valence-corrected chi connectivity index (χ0v) is 24.1. The Morgan fingerprint density at radius 1 is 1.21 bits per heavy atom. The van der Waals surface area contributed by atoms with E-state index >= 15 is 0 Å². The second kappa shape index (κ2) is 11.1. The number of rotatable bonds is 7. The Bertz CT molecular complexity index is 2070. The van der Waals surface area contributed by atoms with Crippen molar-refractivity contribution < 1.29 is 13.2 Å². The van der Waals surface area contributed by atoms with Crippen molar-refractivity contribution in [3.63, 3.8) is 0 Å². The largest absolute Gasteiger partial charge is 0.381 e. The van der Waals surface area contributed by atoms with E-state index in [0.717, 1.165) is 4.31 Å². The molecule has 0 aliphatic carbocycles. The van der Waals surface area contributed by atoms with Gasteiger partial charge in [0.15, 0.2) is 11.5 Å². The van der Waals surface area contributed by atoms with Gasteiger partial charge in [0.2, 0.25) is 10.0 Å². The number of sulfonamides is 1. The number of nitrogen functional groups attached to an aromatic ring is 1. The van der Waals surface area contributed by atoms with E-state index in [1.807, 2.05) is 0 Å². The Kier molecular flexibility index (Phi) is 7.50. The van der Waals surface area contributed by atoms with Gasteiger partial charge in [0.1, 0.15) is 11.4 Å². The molecule has 0 aliphatic heterocycles. The van der Waals surface area contributed by atoms with Crippen LogP contribution < -0.4 is 16.6 Å². The maximum absolute atomic E-state index is 14.0. The summed E-state index contributed by atoms with van der Waals surface area (Å²) in [5.74, 6) is 5.21. The van der Waals surface area contributed by atoms with Gasteiger partial charge < -0.3 is 11.1 Å². The van der Waals surface area contributed by atoms with Crippen LogP contribution in [0, 0.1) is 11.8 Å². The Morgan fingerprint density at radius 3 is 2.71 bits per heavy atom. The molecule has 4 aromatic heterocycles. The van der Waals surface area contributed by atoms with Crippen LogP contribution in [0.25, 0.3) is 16.6 Å². The summed E-state index contributed by atoms with van der Waals surface area (Å²) in [4.78, 5) is 36.2. The van der Waals surface area contributed by atoms with Crippen LogP contribution in [0.2, 0.25) is 0 Å². The lowest BCUT2D eigenvalue weighted by Crippen LogP contribution is -2.36. The monoisotopic (exact) mass is 588 g/mol. The summed E-state index contributed by atoms with van der Waals surface area (Å²) in [6, 6.07) is 5.90. The molecule has 1 unspecified atom stereocenters. The highest BCUT2D eigenvalue weighted by Gasteiger charge is 2.25. The van der Waals surface area contributed by atoms with Crippen molar-refractivity contribution in [3.8, 4) is 11.8 Å². The molecule has 0 fully saturated rings. The average molecular weight is 589 g/mol. The molecular weight excluding hydrogens is 560 g/mol. The summed E-state index contributed by atoms with van der Waals surface area (Å²) in [6.45, 7) is 1.44. The van der Waals surface area contributed by atoms with Crippen LogP contribution in [-0.2, 0) is 23.6 Å². The van der Waals surface area contributed by atoms with Gasteiger partial charge in [-0.1, -0.05) is 17.9 Å². The minimum atomic E-state index is -3.67. The van der Waals surface area contributed by atoms with Crippen molar-refractivity contribution >= 4 is 38.3 Å². The molecule has 0 saturated heterocycles. The highest BCUT2D eigenvalue weighted by molar-refractivity contribution is 7.89. The van der Waals surface area contributed by atoms with Gasteiger partial charge in [-0.3, -0.25) is 18.8 Å². The molecule has 0 bridgehead atoms. The summed E-state index contributed by atoms with van der Waals surface area (Å²) in [6.07, 6.45) is 6.48. The summed E-state index contributed by atoms with van der Waals surface area (Å²) < 4.78 is 30.6. The van der Waals surface area contributed by atoms with Crippen LogP contribution in [0.3, 0.4) is 0 Å². The van der Waals surface area contributed by atoms with Gasteiger partial charge >= 0.3 is 0 Å². The van der Waals surface area contributed by atoms with E-state index in [0.29, 0.717) is 16.6 Å². The summed E-state index contributed by atoms with van der Waals surface area (Å²) in [5.41, 5.74) is 7.29. The number of nitrogens with zero attached hydrogens (tertiary/aromatic N) is 8. The van der Waals surface area contributed by atoms with Crippen LogP contribution in [-0.4, -0.2) is 72.4 Å². The second-order valence-electron chi connectivity index (χ2n) is 9.72. The fraction of sp³-hybridized carbons (Fsp3) is 0.259. The molecular formula is C27H28N10O4S. The number of hydrogen-bond donors (Lipinski definition) is 2. The number of aromatic nitrogens is 7. The first-order chi connectivity index (χ1) is 20.0. The molecule has 5 rings (SSSR count). The number of carbonyl (C=O) groups excluding carboxylic acids is 1. The molecule has 0 radical (unpaired) electrons. The van der Waals surface area contributed by atoms with E-state index < -0.39 is 27.5 Å². The first-order valence-corrected chi connectivity index (χ1v) is 14.4. The first kappa shape index (κ1) is 28.5. The third kappa shape index (κ3) is 5.45. The molecule has 0 saturated carbocycles. The Morgan fingerprint density at radius 2 is 2.00 bits per heavy atom. The van der Waals surface area contributed by atoms with E-state index in [9.17, 15) is 18.0 Å². The summed E-state index contributed by atoms with van der Waals surface area (Å²) in [7, 11) is 0.943. The van der Waals surface area contributed by atoms with Crippen molar-refractivity contribution in [2.75, 3.05) is 25.6 Å². The number of benzene rings is 1. The standard InChI is InChI=1S/C27H28N10O4S/c1-17(31-26(38)22-23(28)33-37-12-6-11-29-25(22)37)24-32-20-8-5-7-19(10-9-18-15-30-35(4)16-18)21(20)27(39)36(24)13-14-42(40,41)34(2)3/h5-8,11-12,15-17H,13-14H2,1-4H3,(H2,28,33)(H,31,38). The molecule has 1 aromatic carbocycles. The molecule has 1 amide bonds. The first-order valence-electron chi connectivity index (χ1n) is 12.8. The van der Waals surface area contributed by atoms with Crippen LogP contribution in [0.4, 0.5) is 5.82 Å². The van der Waals surface area contributed by atoms with Gasteiger partial charge in [-0.2, -0.15) is 5.10 Å². The lowest BCUT2D eigenvalue weighted by molar-refractivity contribution is 0.0939. The molecule has 0 aliphatic rings. The fourth-order valence-electron chi connectivity index (χ4n) is 4.40. The molecule has 216 valence electrons. The smallest absolute Gasteiger partial charge is 0.262 e. The van der Waals surface area contributed by atoms with Gasteiger partial charge in [-0.15, -0.1) is 5.10 Å². The molecule has 15 heteroatoms. The van der Waals surface area contributed by atoms with Gasteiger partial charge in [-0.05, 0) is 25.1 Å². The average Bonchev–Trinajstić information content (AvgIpc) is 3.52. The zero-order chi connectivity index (χ0) is 30.2. The minimum absolute atomic E-state index is 0.0174. The van der Waals surface area contributed by atoms with Gasteiger partial charge in [0.05, 0.1) is 34.5 Å². The number of nitrogens with one attached hydrogen (secondary N) is 1. The minimum Gasteiger partial charge on any atom is -0.381 e. The van der Waals surface area contributed by atoms with Crippen molar-refractivity contribution in [2.24, 2.45) is 7.05 Å². The fourth-order valence-corrected chi connectivity index (χ4v) is 5.18. The van der Waals surface area contributed by atoms with E-state index in [1.54, 1.807) is 61.5 Å². The van der Waals surface area contributed by atoms with Crippen molar-refractivity contribution in [1.82, 2.24) is 43.6 Å². The maximum Gasteiger partial charge on any atom is 0.262 e. The van der Waals surface area contributed by atoms with Gasteiger partial charge in [0.25, 0.3) is 11.5 Å². The van der Waals surface area contributed by atoms with Gasteiger partial charge in [-0.25, -0.2) is 27.2 Å². The van der Waals surface area contributed by atoms with Crippen LogP contribution >= 0.6 is 0 Å². The number of aryl methyl sites for hydroxylation is 1. The lowest BCUT2D eigenvalue weighted by Gasteiger charge is -2.20. The van der Waals surface area contributed by atoms with Crippen LogP contribution in [0.15, 0.2) is 53.8 Å². The number of nitrogens with two attached hydrogens (primary N) is 1. The molecule has 1 atom stereocenters. The molecule has 42 heavy (non-hydrogen) atoms. The number of anilines is 1. The third-order valence-corrected chi connectivity index (χ3v) is 8.38. The Hall–Kier alpha value is -5.07. The normalized spacial score (nSPS) is 12.4. The quantitative estimate of drug-likeness (QED) is 0.257. The van der Waals surface area contributed by atoms with Crippen molar-refractivity contribution in [2.45, 2.75) is 19.5 Å². The number of amides is 1. The lowest BCUT2D eigenvalue weighted by atomic mass is 10.1. The summed E-state index contributed by atoms with van der Waals surface area (Å²) in [5, 5.41) is 11.3. The Labute approximate surface area is 240 Å².